The van der Waals surface area contributed by atoms with Gasteiger partial charge in [0, 0.05) is 29.5 Å². The van der Waals surface area contributed by atoms with Crippen molar-refractivity contribution in [2.45, 2.75) is 51.6 Å². The van der Waals surface area contributed by atoms with Crippen LogP contribution in [0.2, 0.25) is 0 Å². The van der Waals surface area contributed by atoms with Crippen molar-refractivity contribution in [2.24, 2.45) is 0 Å². The number of carbonyl (C=O) groups is 4. The number of hydrogen-bond acceptors (Lipinski definition) is 11. The van der Waals surface area contributed by atoms with Crippen LogP contribution in [0.15, 0.2) is 55.0 Å². The van der Waals surface area contributed by atoms with E-state index in [1.54, 1.807) is 19.1 Å². The third-order valence-electron chi connectivity index (χ3n) is 7.74. The van der Waals surface area contributed by atoms with Crippen molar-refractivity contribution < 1.29 is 47.5 Å². The van der Waals surface area contributed by atoms with Gasteiger partial charge in [0.2, 0.25) is 6.79 Å². The Morgan fingerprint density at radius 3 is 2.38 bits per heavy atom. The molecule has 2 heterocycles. The molecule has 0 unspecified atom stereocenters. The second kappa shape index (κ2) is 13.1. The fourth-order valence-electron chi connectivity index (χ4n) is 4.93. The number of aromatic nitrogens is 3. The zero-order valence-electron chi connectivity index (χ0n) is 25.8. The number of imide groups is 1. The summed E-state index contributed by atoms with van der Waals surface area (Å²) in [6.07, 6.45) is 4.91. The van der Waals surface area contributed by atoms with Crippen LogP contribution in [0.3, 0.4) is 0 Å². The first-order chi connectivity index (χ1) is 22.9. The Kier molecular flexibility index (Phi) is 8.88. The van der Waals surface area contributed by atoms with E-state index in [1.807, 2.05) is 13.0 Å². The summed E-state index contributed by atoms with van der Waals surface area (Å²) in [4.78, 5) is 75.0. The number of nitrogens with zero attached hydrogens (tertiary/aromatic N) is 4. The Balaban J connectivity index is 1.14. The summed E-state index contributed by atoms with van der Waals surface area (Å²) in [5.41, 5.74) is 3.19. The average molecular weight is 679 g/mol. The molecule has 4 N–H and O–H groups in total. The molecule has 0 bridgehead atoms. The van der Waals surface area contributed by atoms with Crippen LogP contribution in [-0.4, -0.2) is 72.0 Å². The zero-order valence-corrected chi connectivity index (χ0v) is 26.7. The van der Waals surface area contributed by atoms with Crippen LogP contribution in [0.25, 0.3) is 5.52 Å². The number of phosphoric acid groups is 1. The Labute approximate surface area is 273 Å². The molecule has 0 radical (unpaired) electrons. The molecule has 2 fully saturated rings. The third kappa shape index (κ3) is 7.46. The second-order valence-corrected chi connectivity index (χ2v) is 12.6. The zero-order chi connectivity index (χ0) is 34.2. The Hall–Kier alpha value is -5.31. The van der Waals surface area contributed by atoms with Crippen LogP contribution in [0.1, 0.15) is 67.9 Å². The molecule has 0 aliphatic heterocycles. The monoisotopic (exact) mass is 678 g/mol. The highest BCUT2D eigenvalue weighted by molar-refractivity contribution is 7.46. The fraction of sp³-hybridized carbons (Fsp3) is 0.290. The molecule has 0 saturated heterocycles. The molecule has 2 aliphatic rings. The van der Waals surface area contributed by atoms with Gasteiger partial charge >= 0.3 is 19.9 Å². The van der Waals surface area contributed by atoms with Gasteiger partial charge in [-0.25, -0.2) is 28.6 Å². The lowest BCUT2D eigenvalue weighted by atomic mass is 10.1. The summed E-state index contributed by atoms with van der Waals surface area (Å²) in [7, 11) is -4.77. The van der Waals surface area contributed by atoms with Gasteiger partial charge in [0.05, 0.1) is 11.1 Å². The first-order valence-corrected chi connectivity index (χ1v) is 16.4. The van der Waals surface area contributed by atoms with E-state index in [1.165, 1.54) is 29.2 Å². The highest BCUT2D eigenvalue weighted by Crippen LogP contribution is 2.37. The van der Waals surface area contributed by atoms with Crippen LogP contribution in [0, 0.1) is 13.8 Å². The van der Waals surface area contributed by atoms with Gasteiger partial charge in [-0.3, -0.25) is 19.4 Å². The predicted octanol–water partition coefficient (Wildman–Crippen LogP) is 4.01. The summed E-state index contributed by atoms with van der Waals surface area (Å²) in [6, 6.07) is 9.89. The number of hydrogen-bond donors (Lipinski definition) is 4. The molecule has 250 valence electrons. The van der Waals surface area contributed by atoms with E-state index >= 15 is 0 Å². The molecule has 2 saturated carbocycles. The fourth-order valence-corrected chi connectivity index (χ4v) is 5.32. The topological polar surface area (TPSA) is 211 Å². The molecule has 0 spiro atoms. The smallest absolute Gasteiger partial charge is 0.424 e. The summed E-state index contributed by atoms with van der Waals surface area (Å²) in [6.45, 7) is 2.81. The lowest BCUT2D eigenvalue weighted by Gasteiger charge is -2.19. The quantitative estimate of drug-likeness (QED) is 0.100. The van der Waals surface area contributed by atoms with E-state index in [0.29, 0.717) is 41.0 Å². The molecule has 2 aromatic heterocycles. The number of nitrogens with one attached hydrogen (secondary N) is 2. The van der Waals surface area contributed by atoms with E-state index < -0.39 is 38.6 Å². The van der Waals surface area contributed by atoms with E-state index in [0.717, 1.165) is 35.4 Å². The summed E-state index contributed by atoms with van der Waals surface area (Å²) < 4.78 is 27.0. The minimum atomic E-state index is -4.77. The molecule has 2 aromatic carbocycles. The van der Waals surface area contributed by atoms with Crippen LogP contribution in [0.4, 0.5) is 16.3 Å². The number of amides is 3. The van der Waals surface area contributed by atoms with Gasteiger partial charge in [-0.1, -0.05) is 6.07 Å². The van der Waals surface area contributed by atoms with Gasteiger partial charge in [-0.2, -0.15) is 5.10 Å². The van der Waals surface area contributed by atoms with Crippen LogP contribution in [-0.2, 0) is 14.0 Å². The maximum Gasteiger partial charge on any atom is 0.524 e. The van der Waals surface area contributed by atoms with Crippen LogP contribution >= 0.6 is 7.82 Å². The number of anilines is 2. The number of esters is 1. The first-order valence-electron chi connectivity index (χ1n) is 14.9. The van der Waals surface area contributed by atoms with Crippen molar-refractivity contribution in [3.63, 3.8) is 0 Å². The van der Waals surface area contributed by atoms with Crippen molar-refractivity contribution in [3.8, 4) is 5.75 Å². The molecule has 6 rings (SSSR count). The van der Waals surface area contributed by atoms with Gasteiger partial charge in [-0.05, 0) is 87.1 Å². The van der Waals surface area contributed by atoms with E-state index in [2.05, 4.69) is 25.2 Å². The van der Waals surface area contributed by atoms with Crippen molar-refractivity contribution in [2.75, 3.05) is 12.1 Å². The number of carbonyl (C=O) groups excluding carboxylic acids is 4. The SMILES string of the molecule is Cc1ccc(C(=O)NC2CC2)cc1Nc1ncnn2cc(C(=O)N(C(=O)OCOC(=O)c3ccc(OP(=O)(O)O)cc3)C3CC3)c(C)c12. The summed E-state index contributed by atoms with van der Waals surface area (Å²) in [5.74, 6) is -1.44. The van der Waals surface area contributed by atoms with E-state index in [-0.39, 0.29) is 28.8 Å². The summed E-state index contributed by atoms with van der Waals surface area (Å²) >= 11 is 0. The van der Waals surface area contributed by atoms with Gasteiger partial charge in [0.25, 0.3) is 11.8 Å². The number of rotatable bonds is 11. The van der Waals surface area contributed by atoms with Gasteiger partial charge < -0.3 is 24.6 Å². The summed E-state index contributed by atoms with van der Waals surface area (Å²) in [5, 5.41) is 10.5. The van der Waals surface area contributed by atoms with Crippen molar-refractivity contribution in [3.05, 3.63) is 82.8 Å². The normalized spacial score (nSPS) is 14.2. The van der Waals surface area contributed by atoms with Crippen LogP contribution in [0.5, 0.6) is 5.75 Å². The number of ether oxygens (including phenoxy) is 2. The Bertz CT molecular complexity index is 1970. The first kappa shape index (κ1) is 32.6. The van der Waals surface area contributed by atoms with E-state index in [4.69, 9.17) is 19.3 Å². The molecule has 4 aromatic rings. The van der Waals surface area contributed by atoms with E-state index in [9.17, 15) is 23.7 Å². The van der Waals surface area contributed by atoms with Gasteiger partial charge in [-0.15, -0.1) is 0 Å². The largest absolute Gasteiger partial charge is 0.524 e. The molecule has 2 aliphatic carbocycles. The lowest BCUT2D eigenvalue weighted by molar-refractivity contribution is -0.0110. The minimum absolute atomic E-state index is 0.00401. The average Bonchev–Trinajstić information content (AvgIpc) is 3.98. The predicted molar refractivity (Wildman–Crippen MR) is 168 cm³/mol. The Morgan fingerprint density at radius 1 is 1.00 bits per heavy atom. The molecule has 16 nitrogen and oxygen atoms in total. The maximum atomic E-state index is 13.8. The highest BCUT2D eigenvalue weighted by atomic mass is 31.2. The number of fused-ring (bicyclic) bond motifs is 1. The minimum Gasteiger partial charge on any atom is -0.424 e. The van der Waals surface area contributed by atoms with Crippen molar-refractivity contribution in [1.29, 1.82) is 0 Å². The standard InChI is InChI=1S/C31H31N6O10P/c1-17-3-4-20(28(38)34-21-7-8-21)13-25(17)35-27-26-18(2)24(14-36(26)33-15-32-27)29(39)37(22-9-10-22)31(41)46-16-45-30(40)19-5-11-23(12-6-19)47-48(42,43)44/h3-6,11-15,21-22H,7-10,16H2,1-2H3,(H,34,38)(H,32,33,35)(H2,42,43,44). The molecular weight excluding hydrogens is 647 g/mol. The maximum absolute atomic E-state index is 13.8. The van der Waals surface area contributed by atoms with Gasteiger partial charge in [0.15, 0.2) is 5.82 Å². The number of benzene rings is 2. The van der Waals surface area contributed by atoms with Crippen LogP contribution < -0.4 is 15.2 Å². The number of phosphoric ester groups is 1. The Morgan fingerprint density at radius 2 is 1.71 bits per heavy atom. The van der Waals surface area contributed by atoms with Crippen molar-refractivity contribution >= 4 is 48.7 Å². The van der Waals surface area contributed by atoms with Crippen molar-refractivity contribution in [1.82, 2.24) is 24.8 Å². The molecule has 17 heteroatoms. The second-order valence-electron chi connectivity index (χ2n) is 11.4. The third-order valence-corrected chi connectivity index (χ3v) is 8.19. The van der Waals surface area contributed by atoms with Gasteiger partial charge in [0.1, 0.15) is 17.6 Å². The highest BCUT2D eigenvalue weighted by Gasteiger charge is 2.40. The molecule has 48 heavy (non-hydrogen) atoms. The lowest BCUT2D eigenvalue weighted by Crippen LogP contribution is -2.39. The molecule has 3 amide bonds. The molecule has 0 atom stereocenters. The number of aryl methyl sites for hydroxylation is 2. The molecular formula is C31H31N6O10P.